The van der Waals surface area contributed by atoms with Gasteiger partial charge < -0.3 is 11.1 Å². The minimum atomic E-state index is -0.121. The highest BCUT2D eigenvalue weighted by molar-refractivity contribution is 7.07. The minimum absolute atomic E-state index is 0. The van der Waals surface area contributed by atoms with E-state index in [1.807, 2.05) is 16.8 Å². The first-order valence-electron chi connectivity index (χ1n) is 5.25. The Morgan fingerprint density at radius 1 is 1.56 bits per heavy atom. The van der Waals surface area contributed by atoms with Crippen LogP contribution >= 0.6 is 23.7 Å². The van der Waals surface area contributed by atoms with Crippen LogP contribution in [0.2, 0.25) is 0 Å². The zero-order chi connectivity index (χ0) is 10.7. The van der Waals surface area contributed by atoms with Crippen molar-refractivity contribution in [3.8, 4) is 0 Å². The molecule has 1 aromatic heterocycles. The second-order valence-corrected chi connectivity index (χ2v) is 5.08. The summed E-state index contributed by atoms with van der Waals surface area (Å²) in [5.41, 5.74) is 6.97. The Bertz CT molecular complexity index is 336. The number of halogens is 1. The topological polar surface area (TPSA) is 55.1 Å². The molecule has 2 rings (SSSR count). The third kappa shape index (κ3) is 3.47. The second kappa shape index (κ2) is 5.66. The fraction of sp³-hybridized carbons (Fsp3) is 0.545. The number of nitrogens with one attached hydrogen (secondary N) is 1. The van der Waals surface area contributed by atoms with Gasteiger partial charge in [-0.2, -0.15) is 11.3 Å². The predicted octanol–water partition coefficient (Wildman–Crippen LogP) is 1.71. The molecule has 0 unspecified atom stereocenters. The first-order chi connectivity index (χ1) is 7.18. The Balaban J connectivity index is 0.00000128. The molecule has 1 aromatic rings. The summed E-state index contributed by atoms with van der Waals surface area (Å²) in [5.74, 6) is 0.0742. The molecule has 5 heteroatoms. The number of thiophene rings is 1. The molecule has 0 saturated heterocycles. The summed E-state index contributed by atoms with van der Waals surface area (Å²) in [6, 6.07) is 1.98. The molecule has 16 heavy (non-hydrogen) atoms. The van der Waals surface area contributed by atoms with Crippen molar-refractivity contribution >= 4 is 29.7 Å². The van der Waals surface area contributed by atoms with Crippen molar-refractivity contribution in [3.63, 3.8) is 0 Å². The maximum absolute atomic E-state index is 11.5. The summed E-state index contributed by atoms with van der Waals surface area (Å²) in [4.78, 5) is 11.5. The third-order valence-electron chi connectivity index (χ3n) is 2.93. The van der Waals surface area contributed by atoms with Crippen molar-refractivity contribution in [2.24, 2.45) is 5.73 Å². The van der Waals surface area contributed by atoms with Crippen LogP contribution in [0.3, 0.4) is 0 Å². The van der Waals surface area contributed by atoms with E-state index in [-0.39, 0.29) is 23.9 Å². The summed E-state index contributed by atoms with van der Waals surface area (Å²) in [6.07, 6.45) is 3.73. The Morgan fingerprint density at radius 2 is 2.31 bits per heavy atom. The van der Waals surface area contributed by atoms with Gasteiger partial charge >= 0.3 is 0 Å². The Labute approximate surface area is 106 Å². The zero-order valence-electron chi connectivity index (χ0n) is 9.07. The standard InChI is InChI=1S/C11H16N2OS.ClH/c12-11(3-1-4-11)8-13-10(14)6-9-2-5-15-7-9;/h2,5,7H,1,3-4,6,8,12H2,(H,13,14);1H. The normalized spacial score (nSPS) is 17.1. The zero-order valence-corrected chi connectivity index (χ0v) is 10.7. The molecule has 1 aliphatic carbocycles. The summed E-state index contributed by atoms with van der Waals surface area (Å²) in [5, 5.41) is 6.89. The summed E-state index contributed by atoms with van der Waals surface area (Å²) >= 11 is 1.62. The van der Waals surface area contributed by atoms with E-state index in [4.69, 9.17) is 5.73 Å². The van der Waals surface area contributed by atoms with Crippen LogP contribution in [0.25, 0.3) is 0 Å². The maximum atomic E-state index is 11.5. The SMILES string of the molecule is Cl.NC1(CNC(=O)Cc2ccsc2)CCC1. The molecule has 0 aromatic carbocycles. The quantitative estimate of drug-likeness (QED) is 0.866. The first-order valence-corrected chi connectivity index (χ1v) is 6.19. The van der Waals surface area contributed by atoms with E-state index >= 15 is 0 Å². The number of hydrogen-bond acceptors (Lipinski definition) is 3. The maximum Gasteiger partial charge on any atom is 0.224 e. The fourth-order valence-electron chi connectivity index (χ4n) is 1.72. The lowest BCUT2D eigenvalue weighted by molar-refractivity contribution is -0.120. The van der Waals surface area contributed by atoms with Gasteiger partial charge in [0.25, 0.3) is 0 Å². The van der Waals surface area contributed by atoms with Gasteiger partial charge in [0.2, 0.25) is 5.91 Å². The van der Waals surface area contributed by atoms with Crippen LogP contribution in [0.4, 0.5) is 0 Å². The largest absolute Gasteiger partial charge is 0.354 e. The molecule has 1 heterocycles. The fourth-order valence-corrected chi connectivity index (χ4v) is 2.39. The van der Waals surface area contributed by atoms with Gasteiger partial charge in [-0.3, -0.25) is 4.79 Å². The van der Waals surface area contributed by atoms with Crippen molar-refractivity contribution in [1.29, 1.82) is 0 Å². The molecule has 1 fully saturated rings. The van der Waals surface area contributed by atoms with Crippen LogP contribution in [0, 0.1) is 0 Å². The van der Waals surface area contributed by atoms with E-state index < -0.39 is 0 Å². The Morgan fingerprint density at radius 3 is 2.81 bits per heavy atom. The molecule has 0 atom stereocenters. The molecule has 0 spiro atoms. The molecule has 1 aliphatic rings. The van der Waals surface area contributed by atoms with E-state index in [2.05, 4.69) is 5.32 Å². The van der Waals surface area contributed by atoms with E-state index in [0.717, 1.165) is 18.4 Å². The molecule has 90 valence electrons. The van der Waals surface area contributed by atoms with Crippen LogP contribution in [-0.4, -0.2) is 18.0 Å². The van der Waals surface area contributed by atoms with Crippen LogP contribution in [0.5, 0.6) is 0 Å². The third-order valence-corrected chi connectivity index (χ3v) is 3.66. The lowest BCUT2D eigenvalue weighted by Gasteiger charge is -2.38. The molecule has 0 bridgehead atoms. The number of carbonyl (C=O) groups excluding carboxylic acids is 1. The molecular formula is C11H17ClN2OS. The molecule has 1 saturated carbocycles. The first kappa shape index (κ1) is 13.5. The number of amides is 1. The van der Waals surface area contributed by atoms with Crippen molar-refractivity contribution in [2.45, 2.75) is 31.2 Å². The van der Waals surface area contributed by atoms with Crippen molar-refractivity contribution in [1.82, 2.24) is 5.32 Å². The van der Waals surface area contributed by atoms with Gasteiger partial charge in [0.1, 0.15) is 0 Å². The molecular weight excluding hydrogens is 244 g/mol. The van der Waals surface area contributed by atoms with Gasteiger partial charge in [0, 0.05) is 12.1 Å². The number of hydrogen-bond donors (Lipinski definition) is 2. The van der Waals surface area contributed by atoms with Crippen LogP contribution in [-0.2, 0) is 11.2 Å². The van der Waals surface area contributed by atoms with E-state index in [1.54, 1.807) is 11.3 Å². The van der Waals surface area contributed by atoms with E-state index in [0.29, 0.717) is 13.0 Å². The highest BCUT2D eigenvalue weighted by Crippen LogP contribution is 2.27. The average molecular weight is 261 g/mol. The van der Waals surface area contributed by atoms with Crippen molar-refractivity contribution < 1.29 is 4.79 Å². The van der Waals surface area contributed by atoms with Gasteiger partial charge in [0.05, 0.1) is 6.42 Å². The molecule has 0 aliphatic heterocycles. The molecule has 1 amide bonds. The predicted molar refractivity (Wildman–Crippen MR) is 69.1 cm³/mol. The van der Waals surface area contributed by atoms with Gasteiger partial charge in [-0.05, 0) is 41.7 Å². The van der Waals surface area contributed by atoms with Crippen molar-refractivity contribution in [3.05, 3.63) is 22.4 Å². The highest BCUT2D eigenvalue weighted by Gasteiger charge is 2.32. The Hall–Kier alpha value is -0.580. The number of rotatable bonds is 4. The number of nitrogens with two attached hydrogens (primary N) is 1. The van der Waals surface area contributed by atoms with Crippen LogP contribution < -0.4 is 11.1 Å². The average Bonchev–Trinajstić information content (AvgIpc) is 2.64. The van der Waals surface area contributed by atoms with E-state index in [9.17, 15) is 4.79 Å². The van der Waals surface area contributed by atoms with Gasteiger partial charge in [-0.1, -0.05) is 0 Å². The highest BCUT2D eigenvalue weighted by atomic mass is 35.5. The summed E-state index contributed by atoms with van der Waals surface area (Å²) in [7, 11) is 0. The lowest BCUT2D eigenvalue weighted by atomic mass is 9.78. The molecule has 3 N–H and O–H groups in total. The summed E-state index contributed by atoms with van der Waals surface area (Å²) < 4.78 is 0. The van der Waals surface area contributed by atoms with Gasteiger partial charge in [-0.25, -0.2) is 0 Å². The van der Waals surface area contributed by atoms with Gasteiger partial charge in [0.15, 0.2) is 0 Å². The Kier molecular flexibility index (Phi) is 4.77. The summed E-state index contributed by atoms with van der Waals surface area (Å²) in [6.45, 7) is 0.621. The second-order valence-electron chi connectivity index (χ2n) is 4.30. The van der Waals surface area contributed by atoms with Crippen molar-refractivity contribution in [2.75, 3.05) is 6.54 Å². The van der Waals surface area contributed by atoms with Crippen LogP contribution in [0.1, 0.15) is 24.8 Å². The molecule has 3 nitrogen and oxygen atoms in total. The lowest BCUT2D eigenvalue weighted by Crippen LogP contribution is -2.55. The smallest absolute Gasteiger partial charge is 0.224 e. The van der Waals surface area contributed by atoms with Gasteiger partial charge in [-0.15, -0.1) is 12.4 Å². The monoisotopic (exact) mass is 260 g/mol. The number of carbonyl (C=O) groups is 1. The van der Waals surface area contributed by atoms with E-state index in [1.165, 1.54) is 6.42 Å². The van der Waals surface area contributed by atoms with Crippen LogP contribution in [0.15, 0.2) is 16.8 Å². The molecule has 0 radical (unpaired) electrons. The minimum Gasteiger partial charge on any atom is -0.354 e.